The number of hydrogen-bond acceptors (Lipinski definition) is 2. The van der Waals surface area contributed by atoms with Gasteiger partial charge in [0, 0.05) is 0 Å². The van der Waals surface area contributed by atoms with E-state index in [0.717, 1.165) is 5.75 Å². The van der Waals surface area contributed by atoms with Crippen LogP contribution in [-0.2, 0) is 0 Å². The number of carbonyl (C=O) groups is 1. The Morgan fingerprint density at radius 3 is 1.68 bits per heavy atom. The molecule has 1 aromatic rings. The van der Waals surface area contributed by atoms with Crippen molar-refractivity contribution in [3.8, 4) is 0 Å². The summed E-state index contributed by atoms with van der Waals surface area (Å²) in [4.78, 5) is 10.2. The molecule has 0 atom stereocenters. The lowest BCUT2D eigenvalue weighted by Gasteiger charge is -2.00. The predicted octanol–water partition coefficient (Wildman–Crippen LogP) is 6.22. The summed E-state index contributed by atoms with van der Waals surface area (Å²) in [5.41, 5.74) is 0.331. The summed E-state index contributed by atoms with van der Waals surface area (Å²) in [6.45, 7) is 2.28. The molecule has 0 heterocycles. The molecule has 0 aliphatic rings. The van der Waals surface area contributed by atoms with E-state index in [1.807, 2.05) is 0 Å². The number of hydrogen-bond donors (Lipinski definition) is 2. The standard InChI is InChI=1S/C12H26S.C7H6O2/c1-2-3-4-5-6-7-8-9-10-11-12-13;8-7(9)6-4-2-1-3-5-6/h13H,2-12H2,1H3;1-5H,(H,8,9). The van der Waals surface area contributed by atoms with E-state index in [1.54, 1.807) is 30.3 Å². The number of thiol groups is 1. The summed E-state index contributed by atoms with van der Waals surface area (Å²) in [7, 11) is 0. The Morgan fingerprint density at radius 2 is 1.32 bits per heavy atom. The molecule has 0 saturated carbocycles. The van der Waals surface area contributed by atoms with Gasteiger partial charge in [-0.15, -0.1) is 0 Å². The van der Waals surface area contributed by atoms with E-state index in [1.165, 1.54) is 64.2 Å². The first-order chi connectivity index (χ1) is 10.7. The average molecular weight is 325 g/mol. The molecule has 0 saturated heterocycles. The minimum atomic E-state index is -0.879. The molecular formula is C19H32O2S. The number of aromatic carboxylic acids is 1. The lowest BCUT2D eigenvalue weighted by Crippen LogP contribution is -1.93. The molecular weight excluding hydrogens is 292 g/mol. The number of carboxylic acids is 1. The first-order valence-corrected chi connectivity index (χ1v) is 9.24. The lowest BCUT2D eigenvalue weighted by atomic mass is 10.1. The molecule has 0 aromatic heterocycles. The van der Waals surface area contributed by atoms with Crippen molar-refractivity contribution in [3.05, 3.63) is 35.9 Å². The van der Waals surface area contributed by atoms with Gasteiger partial charge in [0.15, 0.2) is 0 Å². The lowest BCUT2D eigenvalue weighted by molar-refractivity contribution is 0.0697. The summed E-state index contributed by atoms with van der Waals surface area (Å²) >= 11 is 4.20. The Labute approximate surface area is 141 Å². The molecule has 126 valence electrons. The summed E-state index contributed by atoms with van der Waals surface area (Å²) in [6, 6.07) is 8.30. The largest absolute Gasteiger partial charge is 0.478 e. The van der Waals surface area contributed by atoms with Crippen molar-refractivity contribution in [2.75, 3.05) is 5.75 Å². The zero-order valence-corrected chi connectivity index (χ0v) is 14.9. The Balaban J connectivity index is 0.000000425. The smallest absolute Gasteiger partial charge is 0.335 e. The molecule has 1 aromatic carbocycles. The van der Waals surface area contributed by atoms with Gasteiger partial charge in [-0.25, -0.2) is 4.79 Å². The first kappa shape index (κ1) is 21.0. The zero-order valence-electron chi connectivity index (χ0n) is 14.0. The van der Waals surface area contributed by atoms with Gasteiger partial charge in [0.1, 0.15) is 0 Å². The third-order valence-corrected chi connectivity index (χ3v) is 3.85. The van der Waals surface area contributed by atoms with Crippen LogP contribution in [0.15, 0.2) is 30.3 Å². The normalized spacial score (nSPS) is 9.91. The molecule has 3 heteroatoms. The summed E-state index contributed by atoms with van der Waals surface area (Å²) in [5.74, 6) is 0.187. The quantitative estimate of drug-likeness (QED) is 0.374. The van der Waals surface area contributed by atoms with Crippen molar-refractivity contribution in [1.82, 2.24) is 0 Å². The van der Waals surface area contributed by atoms with Crippen molar-refractivity contribution in [3.63, 3.8) is 0 Å². The van der Waals surface area contributed by atoms with E-state index in [0.29, 0.717) is 5.56 Å². The van der Waals surface area contributed by atoms with E-state index >= 15 is 0 Å². The maximum Gasteiger partial charge on any atom is 0.335 e. The molecule has 0 unspecified atom stereocenters. The van der Waals surface area contributed by atoms with Gasteiger partial charge in [0.2, 0.25) is 0 Å². The number of benzene rings is 1. The third kappa shape index (κ3) is 14.0. The van der Waals surface area contributed by atoms with Crippen molar-refractivity contribution in [2.24, 2.45) is 0 Å². The van der Waals surface area contributed by atoms with Crippen LogP contribution in [0.3, 0.4) is 0 Å². The monoisotopic (exact) mass is 324 g/mol. The Hall–Kier alpha value is -0.960. The van der Waals surface area contributed by atoms with Crippen LogP contribution in [0.5, 0.6) is 0 Å². The predicted molar refractivity (Wildman–Crippen MR) is 99.1 cm³/mol. The van der Waals surface area contributed by atoms with Gasteiger partial charge in [-0.3, -0.25) is 0 Å². The zero-order chi connectivity index (χ0) is 16.5. The SMILES string of the molecule is CCCCCCCCCCCCS.O=C(O)c1ccccc1. The van der Waals surface area contributed by atoms with Crippen molar-refractivity contribution in [1.29, 1.82) is 0 Å². The highest BCUT2D eigenvalue weighted by molar-refractivity contribution is 7.80. The van der Waals surface area contributed by atoms with E-state index in [-0.39, 0.29) is 0 Å². The van der Waals surface area contributed by atoms with Crippen LogP contribution in [0.4, 0.5) is 0 Å². The Bertz CT molecular complexity index is 342. The highest BCUT2D eigenvalue weighted by Crippen LogP contribution is 2.10. The second-order valence-corrected chi connectivity index (χ2v) is 6.02. The summed E-state index contributed by atoms with van der Waals surface area (Å²) < 4.78 is 0. The molecule has 2 nitrogen and oxygen atoms in total. The minimum Gasteiger partial charge on any atom is -0.478 e. The fourth-order valence-electron chi connectivity index (χ4n) is 2.18. The second kappa shape index (κ2) is 16.4. The average Bonchev–Trinajstić information content (AvgIpc) is 2.55. The highest BCUT2D eigenvalue weighted by Gasteiger charge is 1.96. The molecule has 1 N–H and O–H groups in total. The number of rotatable bonds is 11. The van der Waals surface area contributed by atoms with E-state index in [2.05, 4.69) is 19.6 Å². The number of carboxylic acid groups (broad SMARTS) is 1. The Kier molecular flexibility index (Phi) is 15.7. The van der Waals surface area contributed by atoms with Crippen LogP contribution in [0.1, 0.15) is 81.5 Å². The Morgan fingerprint density at radius 1 is 0.864 bits per heavy atom. The topological polar surface area (TPSA) is 37.3 Å². The molecule has 0 spiro atoms. The molecule has 0 radical (unpaired) electrons. The summed E-state index contributed by atoms with van der Waals surface area (Å²) in [6.07, 6.45) is 14.2. The fourth-order valence-corrected chi connectivity index (χ4v) is 2.40. The van der Waals surface area contributed by atoms with E-state index in [9.17, 15) is 4.79 Å². The molecule has 0 bridgehead atoms. The van der Waals surface area contributed by atoms with Gasteiger partial charge in [0.05, 0.1) is 5.56 Å². The molecule has 1 rings (SSSR count). The van der Waals surface area contributed by atoms with Crippen LogP contribution < -0.4 is 0 Å². The maximum absolute atomic E-state index is 10.2. The van der Waals surface area contributed by atoms with Crippen LogP contribution in [0.2, 0.25) is 0 Å². The fraction of sp³-hybridized carbons (Fsp3) is 0.632. The van der Waals surface area contributed by atoms with Gasteiger partial charge < -0.3 is 5.11 Å². The maximum atomic E-state index is 10.2. The molecule has 0 amide bonds. The van der Waals surface area contributed by atoms with Crippen molar-refractivity contribution < 1.29 is 9.90 Å². The molecule has 0 aliphatic carbocycles. The van der Waals surface area contributed by atoms with Crippen molar-refractivity contribution >= 4 is 18.6 Å². The summed E-state index contributed by atoms with van der Waals surface area (Å²) in [5, 5.41) is 8.38. The second-order valence-electron chi connectivity index (χ2n) is 5.58. The first-order valence-electron chi connectivity index (χ1n) is 8.61. The van der Waals surface area contributed by atoms with Gasteiger partial charge in [-0.05, 0) is 24.3 Å². The molecule has 0 fully saturated rings. The van der Waals surface area contributed by atoms with E-state index < -0.39 is 5.97 Å². The van der Waals surface area contributed by atoms with E-state index in [4.69, 9.17) is 5.11 Å². The van der Waals surface area contributed by atoms with Crippen LogP contribution in [-0.4, -0.2) is 16.8 Å². The van der Waals surface area contributed by atoms with Crippen LogP contribution in [0.25, 0.3) is 0 Å². The third-order valence-electron chi connectivity index (χ3n) is 3.53. The van der Waals surface area contributed by atoms with Gasteiger partial charge in [-0.2, -0.15) is 12.6 Å². The van der Waals surface area contributed by atoms with Crippen molar-refractivity contribution in [2.45, 2.75) is 71.1 Å². The van der Waals surface area contributed by atoms with Gasteiger partial charge in [0.25, 0.3) is 0 Å². The number of unbranched alkanes of at least 4 members (excludes halogenated alkanes) is 9. The minimum absolute atomic E-state index is 0.331. The van der Waals surface area contributed by atoms with Gasteiger partial charge in [-0.1, -0.05) is 82.9 Å². The molecule has 22 heavy (non-hydrogen) atoms. The van der Waals surface area contributed by atoms with Gasteiger partial charge >= 0.3 is 5.97 Å². The van der Waals surface area contributed by atoms with Crippen LogP contribution >= 0.6 is 12.6 Å². The highest BCUT2D eigenvalue weighted by atomic mass is 32.1. The van der Waals surface area contributed by atoms with Crippen LogP contribution in [0, 0.1) is 0 Å². The molecule has 0 aliphatic heterocycles.